The molecule has 2 N–H and O–H groups in total. The van der Waals surface area contributed by atoms with Crippen LogP contribution >= 0.6 is 0 Å². The number of fused-ring (bicyclic) bond motifs is 1. The van der Waals surface area contributed by atoms with Gasteiger partial charge >= 0.3 is 5.97 Å². The zero-order valence-corrected chi connectivity index (χ0v) is 16.2. The van der Waals surface area contributed by atoms with Gasteiger partial charge in [0, 0.05) is 24.1 Å². The third-order valence-electron chi connectivity index (χ3n) is 4.36. The number of nitrogens with one attached hydrogen (secondary N) is 1. The van der Waals surface area contributed by atoms with Gasteiger partial charge in [-0.05, 0) is 22.9 Å². The molecule has 0 saturated carbocycles. The van der Waals surface area contributed by atoms with Crippen LogP contribution in [0.1, 0.15) is 18.4 Å². The van der Waals surface area contributed by atoms with E-state index >= 15 is 0 Å². The van der Waals surface area contributed by atoms with Gasteiger partial charge in [0.15, 0.2) is 0 Å². The van der Waals surface area contributed by atoms with E-state index in [2.05, 4.69) is 10.4 Å². The van der Waals surface area contributed by atoms with Crippen molar-refractivity contribution >= 4 is 40.5 Å². The fourth-order valence-electron chi connectivity index (χ4n) is 2.91. The summed E-state index contributed by atoms with van der Waals surface area (Å²) in [4.78, 5) is 35.7. The van der Waals surface area contributed by atoms with Crippen LogP contribution in [0.15, 0.2) is 77.9 Å². The highest BCUT2D eigenvalue weighted by Crippen LogP contribution is 2.17. The van der Waals surface area contributed by atoms with Crippen LogP contribution < -0.4 is 5.32 Å². The van der Waals surface area contributed by atoms with Crippen LogP contribution in [0.5, 0.6) is 0 Å². The average Bonchev–Trinajstić information content (AvgIpc) is 2.75. The second kappa shape index (κ2) is 9.97. The second-order valence-corrected chi connectivity index (χ2v) is 6.57. The first kappa shape index (κ1) is 20.7. The Morgan fingerprint density at radius 2 is 1.60 bits per heavy atom. The van der Waals surface area contributed by atoms with Crippen LogP contribution in [-0.2, 0) is 14.4 Å². The zero-order valence-electron chi connectivity index (χ0n) is 16.2. The number of aliphatic carboxylic acids is 1. The molecule has 0 atom stereocenters. The molecule has 0 heterocycles. The van der Waals surface area contributed by atoms with Gasteiger partial charge in [-0.2, -0.15) is 5.10 Å². The molecule has 2 amide bonds. The monoisotopic (exact) mass is 403 g/mol. The van der Waals surface area contributed by atoms with Gasteiger partial charge in [0.05, 0.1) is 6.21 Å². The fraction of sp³-hybridized carbons (Fsp3) is 0.130. The molecule has 30 heavy (non-hydrogen) atoms. The number of carboxylic acid groups (broad SMARTS) is 1. The predicted molar refractivity (Wildman–Crippen MR) is 115 cm³/mol. The number of hydrogen-bond donors (Lipinski definition) is 2. The van der Waals surface area contributed by atoms with Crippen LogP contribution in [0.2, 0.25) is 0 Å². The molecule has 0 spiro atoms. The predicted octanol–water partition coefficient (Wildman–Crippen LogP) is 3.51. The van der Waals surface area contributed by atoms with Crippen molar-refractivity contribution < 1.29 is 19.5 Å². The number of carboxylic acids is 1. The van der Waals surface area contributed by atoms with Gasteiger partial charge in [-0.25, -0.2) is 5.01 Å². The lowest BCUT2D eigenvalue weighted by molar-refractivity contribution is -0.144. The van der Waals surface area contributed by atoms with Crippen molar-refractivity contribution in [3.8, 4) is 0 Å². The highest BCUT2D eigenvalue weighted by Gasteiger charge is 2.17. The smallest absolute Gasteiger partial charge is 0.325 e. The molecule has 0 radical (unpaired) electrons. The minimum atomic E-state index is -1.19. The van der Waals surface area contributed by atoms with Crippen LogP contribution in [-0.4, -0.2) is 40.7 Å². The van der Waals surface area contributed by atoms with E-state index in [1.54, 1.807) is 24.3 Å². The van der Waals surface area contributed by atoms with Gasteiger partial charge in [0.1, 0.15) is 6.54 Å². The zero-order chi connectivity index (χ0) is 21.3. The van der Waals surface area contributed by atoms with Gasteiger partial charge in [0.25, 0.3) is 0 Å². The Morgan fingerprint density at radius 1 is 0.900 bits per heavy atom. The molecule has 0 saturated heterocycles. The van der Waals surface area contributed by atoms with Gasteiger partial charge < -0.3 is 10.4 Å². The summed E-state index contributed by atoms with van der Waals surface area (Å²) in [6.07, 6.45) is 1.24. The Bertz CT molecular complexity index is 1070. The summed E-state index contributed by atoms with van der Waals surface area (Å²) in [6.45, 7) is -0.583. The Hall–Kier alpha value is -4.00. The summed E-state index contributed by atoms with van der Waals surface area (Å²) < 4.78 is 0. The Balaban J connectivity index is 1.67. The molecule has 0 aromatic heterocycles. The lowest BCUT2D eigenvalue weighted by atomic mass is 10.1. The van der Waals surface area contributed by atoms with E-state index in [0.29, 0.717) is 5.69 Å². The standard InChI is InChI=1S/C23H21N3O4/c27-21(25-19-10-2-1-3-11-19)13-14-22(28)26(16-23(29)30)24-15-18-9-6-8-17-7-4-5-12-20(17)18/h1-12,15H,13-14,16H2,(H,25,27)(H,29,30)/b24-15+. The van der Waals surface area contributed by atoms with E-state index in [4.69, 9.17) is 5.11 Å². The van der Waals surface area contributed by atoms with Crippen LogP contribution in [0, 0.1) is 0 Å². The van der Waals surface area contributed by atoms with Crippen LogP contribution in [0.25, 0.3) is 10.8 Å². The summed E-state index contributed by atoms with van der Waals surface area (Å²) in [5.41, 5.74) is 1.39. The minimum absolute atomic E-state index is 0.0758. The van der Waals surface area contributed by atoms with E-state index in [1.165, 1.54) is 6.21 Å². The van der Waals surface area contributed by atoms with E-state index in [1.807, 2.05) is 48.5 Å². The molecule has 0 aliphatic heterocycles. The summed E-state index contributed by atoms with van der Waals surface area (Å²) in [6, 6.07) is 22.2. The summed E-state index contributed by atoms with van der Waals surface area (Å²) >= 11 is 0. The van der Waals surface area contributed by atoms with Gasteiger partial charge in [0.2, 0.25) is 11.8 Å². The second-order valence-electron chi connectivity index (χ2n) is 6.57. The fourth-order valence-corrected chi connectivity index (χ4v) is 2.91. The Labute approximate surface area is 173 Å². The number of nitrogens with zero attached hydrogens (tertiary/aromatic N) is 2. The molecule has 7 nitrogen and oxygen atoms in total. The summed E-state index contributed by atoms with van der Waals surface area (Å²) in [7, 11) is 0. The molecule has 0 aliphatic carbocycles. The van der Waals surface area contributed by atoms with Crippen LogP contribution in [0.4, 0.5) is 5.69 Å². The first-order valence-corrected chi connectivity index (χ1v) is 9.42. The third-order valence-corrected chi connectivity index (χ3v) is 4.36. The molecule has 0 bridgehead atoms. The molecular weight excluding hydrogens is 382 g/mol. The normalized spacial score (nSPS) is 10.8. The first-order valence-electron chi connectivity index (χ1n) is 9.42. The molecular formula is C23H21N3O4. The van der Waals surface area contributed by atoms with E-state index in [-0.39, 0.29) is 18.7 Å². The number of para-hydroxylation sites is 1. The van der Waals surface area contributed by atoms with Crippen molar-refractivity contribution in [2.75, 3.05) is 11.9 Å². The van der Waals surface area contributed by atoms with Crippen molar-refractivity contribution in [2.45, 2.75) is 12.8 Å². The van der Waals surface area contributed by atoms with Gasteiger partial charge in [-0.15, -0.1) is 0 Å². The molecule has 0 fully saturated rings. The van der Waals surface area contributed by atoms with Crippen molar-refractivity contribution in [3.63, 3.8) is 0 Å². The Kier molecular flexibility index (Phi) is 6.89. The first-order chi connectivity index (χ1) is 14.5. The number of carbonyl (C=O) groups is 3. The van der Waals surface area contributed by atoms with Crippen LogP contribution in [0.3, 0.4) is 0 Å². The minimum Gasteiger partial charge on any atom is -0.480 e. The molecule has 3 aromatic carbocycles. The van der Waals surface area contributed by atoms with Crippen molar-refractivity contribution in [1.82, 2.24) is 5.01 Å². The molecule has 7 heteroatoms. The van der Waals surface area contributed by atoms with Gasteiger partial charge in [-0.3, -0.25) is 14.4 Å². The van der Waals surface area contributed by atoms with E-state index in [9.17, 15) is 14.4 Å². The van der Waals surface area contributed by atoms with E-state index < -0.39 is 18.4 Å². The van der Waals surface area contributed by atoms with Gasteiger partial charge in [-0.1, -0.05) is 60.7 Å². The number of amides is 2. The van der Waals surface area contributed by atoms with Crippen molar-refractivity contribution in [2.24, 2.45) is 5.10 Å². The maximum absolute atomic E-state index is 12.5. The number of benzene rings is 3. The lowest BCUT2D eigenvalue weighted by Gasteiger charge is -2.15. The molecule has 3 rings (SSSR count). The molecule has 0 unspecified atom stereocenters. The number of rotatable bonds is 8. The Morgan fingerprint density at radius 3 is 2.37 bits per heavy atom. The molecule has 152 valence electrons. The van der Waals surface area contributed by atoms with Crippen molar-refractivity contribution in [3.05, 3.63) is 78.4 Å². The molecule has 3 aromatic rings. The number of anilines is 1. The topological polar surface area (TPSA) is 99.1 Å². The number of hydrazone groups is 1. The average molecular weight is 403 g/mol. The highest BCUT2D eigenvalue weighted by molar-refractivity contribution is 6.00. The van der Waals surface area contributed by atoms with E-state index in [0.717, 1.165) is 21.3 Å². The number of hydrogen-bond acceptors (Lipinski definition) is 4. The largest absolute Gasteiger partial charge is 0.480 e. The maximum Gasteiger partial charge on any atom is 0.325 e. The lowest BCUT2D eigenvalue weighted by Crippen LogP contribution is -2.32. The SMILES string of the molecule is O=C(O)CN(/N=C/c1cccc2ccccc12)C(=O)CCC(=O)Nc1ccccc1. The quantitative estimate of drug-likeness (QED) is 0.444. The maximum atomic E-state index is 12.5. The summed E-state index contributed by atoms with van der Waals surface area (Å²) in [5.74, 6) is -2.06. The van der Waals surface area contributed by atoms with Crippen molar-refractivity contribution in [1.29, 1.82) is 0 Å². The third kappa shape index (κ3) is 5.75. The molecule has 0 aliphatic rings. The number of carbonyl (C=O) groups excluding carboxylic acids is 2. The summed E-state index contributed by atoms with van der Waals surface area (Å²) in [5, 5.41) is 18.7. The highest BCUT2D eigenvalue weighted by atomic mass is 16.4.